The van der Waals surface area contributed by atoms with Crippen LogP contribution >= 0.6 is 11.3 Å². The minimum absolute atomic E-state index is 0.528. The number of nitrogens with one attached hydrogen (secondary N) is 1. The molecule has 0 spiro atoms. The van der Waals surface area contributed by atoms with Gasteiger partial charge < -0.3 is 0 Å². The van der Waals surface area contributed by atoms with Gasteiger partial charge >= 0.3 is 0 Å². The quantitative estimate of drug-likeness (QED) is 0.157. The summed E-state index contributed by atoms with van der Waals surface area (Å²) in [5.74, 6) is 0.692. The van der Waals surface area contributed by atoms with Gasteiger partial charge in [-0.25, -0.2) is 9.97 Å². The number of benzene rings is 8. The first-order valence-electron chi connectivity index (χ1n) is 19.1. The molecule has 0 aliphatic rings. The van der Waals surface area contributed by atoms with E-state index in [4.69, 9.17) is 9.97 Å². The lowest BCUT2D eigenvalue weighted by Gasteiger charge is -2.12. The molecule has 10 rings (SSSR count). The van der Waals surface area contributed by atoms with E-state index in [1.807, 2.05) is 24.3 Å². The van der Waals surface area contributed by atoms with Gasteiger partial charge in [0.05, 0.1) is 17.1 Å². The van der Waals surface area contributed by atoms with Crippen LogP contribution in [0.3, 0.4) is 0 Å². The third-order valence-electron chi connectivity index (χ3n) is 10.6. The zero-order chi connectivity index (χ0) is 38.1. The summed E-state index contributed by atoms with van der Waals surface area (Å²) in [5.41, 5.74) is 12.8. The summed E-state index contributed by atoms with van der Waals surface area (Å²) in [6.07, 6.45) is 0. The van der Waals surface area contributed by atoms with E-state index in [-0.39, 0.29) is 0 Å². The molecule has 0 radical (unpaired) electrons. The summed E-state index contributed by atoms with van der Waals surface area (Å²) in [6, 6.07) is 71.7. The molecule has 2 aromatic heterocycles. The van der Waals surface area contributed by atoms with Gasteiger partial charge in [0, 0.05) is 42.8 Å². The van der Waals surface area contributed by atoms with Gasteiger partial charge in [0.25, 0.3) is 0 Å². The molecule has 0 fully saturated rings. The van der Waals surface area contributed by atoms with Crippen molar-refractivity contribution in [3.63, 3.8) is 0 Å². The number of thiophene rings is 1. The van der Waals surface area contributed by atoms with Crippen LogP contribution in [0.5, 0.6) is 0 Å². The first kappa shape index (κ1) is 34.2. The van der Waals surface area contributed by atoms with Crippen LogP contribution < -0.4 is 0 Å². The molecule has 268 valence electrons. The van der Waals surface area contributed by atoms with Crippen LogP contribution in [0.15, 0.2) is 206 Å². The first-order valence-corrected chi connectivity index (χ1v) is 19.9. The van der Waals surface area contributed by atoms with Gasteiger partial charge in [-0.05, 0) is 62.9 Å². The van der Waals surface area contributed by atoms with E-state index in [1.54, 1.807) is 11.3 Å². The zero-order valence-corrected chi connectivity index (χ0v) is 31.7. The predicted octanol–water partition coefficient (Wildman–Crippen LogP) is 14.3. The average molecular weight is 746 g/mol. The summed E-state index contributed by atoms with van der Waals surface area (Å²) in [4.78, 5) is 11.3. The Kier molecular flexibility index (Phi) is 8.86. The molecule has 57 heavy (non-hydrogen) atoms. The van der Waals surface area contributed by atoms with E-state index < -0.39 is 0 Å². The van der Waals surface area contributed by atoms with Gasteiger partial charge in [0.15, 0.2) is 5.82 Å². The monoisotopic (exact) mass is 745 g/mol. The molecule has 0 amide bonds. The average Bonchev–Trinajstić information content (AvgIpc) is 3.69. The van der Waals surface area contributed by atoms with Crippen LogP contribution in [0.1, 0.15) is 11.1 Å². The second-order valence-corrected chi connectivity index (χ2v) is 15.2. The van der Waals surface area contributed by atoms with E-state index in [9.17, 15) is 5.41 Å². The maximum absolute atomic E-state index is 9.53. The Morgan fingerprint density at radius 2 is 0.930 bits per heavy atom. The van der Waals surface area contributed by atoms with Gasteiger partial charge in [0.2, 0.25) is 0 Å². The molecule has 4 heteroatoms. The highest BCUT2D eigenvalue weighted by atomic mass is 32.1. The number of rotatable bonds is 8. The number of nitrogens with zero attached hydrogens (tertiary/aromatic N) is 2. The highest BCUT2D eigenvalue weighted by Gasteiger charge is 2.19. The van der Waals surface area contributed by atoms with Crippen LogP contribution in [-0.4, -0.2) is 15.7 Å². The Morgan fingerprint density at radius 3 is 1.68 bits per heavy atom. The molecule has 10 aromatic rings. The lowest BCUT2D eigenvalue weighted by atomic mass is 9.94. The molecule has 0 saturated carbocycles. The Hall–Kier alpha value is -7.27. The highest BCUT2D eigenvalue weighted by molar-refractivity contribution is 7.22. The zero-order valence-electron chi connectivity index (χ0n) is 30.9. The van der Waals surface area contributed by atoms with E-state index in [0.717, 1.165) is 71.7 Å². The molecular weight excluding hydrogens is 711 g/mol. The maximum Gasteiger partial charge on any atom is 0.160 e. The molecule has 0 bridgehead atoms. The highest BCUT2D eigenvalue weighted by Crippen LogP contribution is 2.41. The number of hydrogen-bond donors (Lipinski definition) is 1. The van der Waals surface area contributed by atoms with Crippen molar-refractivity contribution in [2.75, 3.05) is 0 Å². The SMILES string of the molecule is N=C(c1ccc(-c2ccc(-c3cc(-c4cccc(-c5ccccc5)c4)nc(-c4ccccc4)n3)cc2)cc1)c1c(-c2ccc3ccccc3c2)sc2ccccc12. The topological polar surface area (TPSA) is 49.6 Å². The Labute approximate surface area is 335 Å². The fourth-order valence-corrected chi connectivity index (χ4v) is 8.79. The number of fused-ring (bicyclic) bond motifs is 2. The summed E-state index contributed by atoms with van der Waals surface area (Å²) < 4.78 is 1.18. The van der Waals surface area contributed by atoms with Crippen molar-refractivity contribution in [3.05, 3.63) is 217 Å². The van der Waals surface area contributed by atoms with Crippen molar-refractivity contribution >= 4 is 37.9 Å². The number of hydrogen-bond acceptors (Lipinski definition) is 4. The summed E-state index contributed by atoms with van der Waals surface area (Å²) >= 11 is 1.76. The lowest BCUT2D eigenvalue weighted by Crippen LogP contribution is -2.02. The smallest absolute Gasteiger partial charge is 0.160 e. The fourth-order valence-electron chi connectivity index (χ4n) is 7.58. The predicted molar refractivity (Wildman–Crippen MR) is 240 cm³/mol. The first-order chi connectivity index (χ1) is 28.1. The normalized spacial score (nSPS) is 11.2. The molecule has 0 aliphatic heterocycles. The van der Waals surface area contributed by atoms with Crippen molar-refractivity contribution in [2.24, 2.45) is 0 Å². The van der Waals surface area contributed by atoms with Crippen LogP contribution in [0.2, 0.25) is 0 Å². The molecule has 1 N–H and O–H groups in total. The second kappa shape index (κ2) is 14.8. The van der Waals surface area contributed by atoms with E-state index in [1.165, 1.54) is 21.0 Å². The van der Waals surface area contributed by atoms with Crippen molar-refractivity contribution in [1.29, 1.82) is 5.41 Å². The Bertz CT molecular complexity index is 3060. The minimum Gasteiger partial charge on any atom is -0.300 e. The Morgan fingerprint density at radius 1 is 0.386 bits per heavy atom. The van der Waals surface area contributed by atoms with Crippen molar-refractivity contribution < 1.29 is 0 Å². The molecule has 0 atom stereocenters. The molecule has 2 heterocycles. The van der Waals surface area contributed by atoms with E-state index in [0.29, 0.717) is 11.5 Å². The largest absolute Gasteiger partial charge is 0.300 e. The third-order valence-corrected chi connectivity index (χ3v) is 11.8. The molecular formula is C53H35N3S. The molecule has 0 unspecified atom stereocenters. The lowest BCUT2D eigenvalue weighted by molar-refractivity contribution is 1.18. The van der Waals surface area contributed by atoms with Gasteiger partial charge in [0.1, 0.15) is 0 Å². The maximum atomic E-state index is 9.53. The van der Waals surface area contributed by atoms with Crippen molar-refractivity contribution in [1.82, 2.24) is 9.97 Å². The van der Waals surface area contributed by atoms with Crippen LogP contribution in [0.25, 0.3) is 87.5 Å². The molecule has 8 aromatic carbocycles. The van der Waals surface area contributed by atoms with E-state index >= 15 is 0 Å². The van der Waals surface area contributed by atoms with Gasteiger partial charge in [-0.15, -0.1) is 11.3 Å². The summed E-state index contributed by atoms with van der Waals surface area (Å²) in [5, 5.41) is 13.1. The van der Waals surface area contributed by atoms with Gasteiger partial charge in [-0.1, -0.05) is 182 Å². The molecule has 0 aliphatic carbocycles. The third kappa shape index (κ3) is 6.73. The van der Waals surface area contributed by atoms with Gasteiger partial charge in [-0.2, -0.15) is 0 Å². The molecule has 3 nitrogen and oxygen atoms in total. The van der Waals surface area contributed by atoms with E-state index in [2.05, 4.69) is 182 Å². The summed E-state index contributed by atoms with van der Waals surface area (Å²) in [7, 11) is 0. The number of aromatic nitrogens is 2. The van der Waals surface area contributed by atoms with Gasteiger partial charge in [-0.3, -0.25) is 5.41 Å². The molecule has 0 saturated heterocycles. The fraction of sp³-hybridized carbons (Fsp3) is 0. The van der Waals surface area contributed by atoms with Crippen molar-refractivity contribution in [3.8, 4) is 66.6 Å². The van der Waals surface area contributed by atoms with Crippen molar-refractivity contribution in [2.45, 2.75) is 0 Å². The summed E-state index contributed by atoms with van der Waals surface area (Å²) in [6.45, 7) is 0. The van der Waals surface area contributed by atoms with Crippen LogP contribution in [-0.2, 0) is 0 Å². The second-order valence-electron chi connectivity index (χ2n) is 14.2. The standard InChI is InChI=1S/C53H35N3S/c54-51(50-46-20-9-10-21-49(46)57-52(50)45-31-26-36-14-7-8-17-42(36)33-45)40-29-24-38(25-30-40)37-22-27-39(28-23-37)47-34-48(56-53(55-47)41-15-5-2-6-16-41)44-19-11-18-43(32-44)35-12-3-1-4-13-35/h1-34,54H. The minimum atomic E-state index is 0.528. The van der Waals surface area contributed by atoms with Crippen LogP contribution in [0, 0.1) is 5.41 Å². The Balaban J connectivity index is 0.964. The van der Waals surface area contributed by atoms with Crippen LogP contribution in [0.4, 0.5) is 0 Å².